The number of rotatable bonds is 5. The Labute approximate surface area is 196 Å². The van der Waals surface area contributed by atoms with E-state index in [0.717, 1.165) is 26.1 Å². The van der Waals surface area contributed by atoms with E-state index >= 15 is 0 Å². The lowest BCUT2D eigenvalue weighted by Crippen LogP contribution is -2.45. The van der Waals surface area contributed by atoms with Crippen molar-refractivity contribution in [3.8, 4) is 0 Å². The minimum atomic E-state index is -0.293. The molecule has 0 atom stereocenters. The maximum atomic E-state index is 13.0. The van der Waals surface area contributed by atoms with Crippen molar-refractivity contribution in [3.05, 3.63) is 65.0 Å². The lowest BCUT2D eigenvalue weighted by atomic mass is 9.74. The number of carbonyl (C=O) groups excluding carboxylic acids is 1. The van der Waals surface area contributed by atoms with Gasteiger partial charge in [-0.1, -0.05) is 18.2 Å². The molecule has 0 saturated carbocycles. The molecule has 5 rings (SSSR count). The molecule has 0 aromatic heterocycles. The summed E-state index contributed by atoms with van der Waals surface area (Å²) < 4.78 is 13.0. The molecule has 1 spiro atoms. The summed E-state index contributed by atoms with van der Waals surface area (Å²) in [5.74, 6) is -0.178. The molecule has 0 unspecified atom stereocenters. The molecular formula is C25H31Cl2FN2O. The van der Waals surface area contributed by atoms with E-state index in [4.69, 9.17) is 0 Å². The number of Topliss-reactive ketones (excluding diaryl/α,β-unsaturated/α-hetero) is 1. The van der Waals surface area contributed by atoms with Gasteiger partial charge in [0.25, 0.3) is 0 Å². The van der Waals surface area contributed by atoms with E-state index in [9.17, 15) is 9.18 Å². The number of benzene rings is 2. The van der Waals surface area contributed by atoms with Gasteiger partial charge in [0.15, 0.2) is 5.78 Å². The van der Waals surface area contributed by atoms with Crippen LogP contribution in [0.4, 0.5) is 10.1 Å². The Morgan fingerprint density at radius 2 is 1.74 bits per heavy atom. The third-order valence-corrected chi connectivity index (χ3v) is 7.23. The van der Waals surface area contributed by atoms with E-state index in [0.29, 0.717) is 17.4 Å². The van der Waals surface area contributed by atoms with Crippen molar-refractivity contribution in [2.75, 3.05) is 37.6 Å². The average Bonchev–Trinajstić information content (AvgIpc) is 3.05. The van der Waals surface area contributed by atoms with Gasteiger partial charge in [-0.3, -0.25) is 4.79 Å². The van der Waals surface area contributed by atoms with Gasteiger partial charge >= 0.3 is 0 Å². The van der Waals surface area contributed by atoms with Gasteiger partial charge < -0.3 is 9.80 Å². The zero-order chi connectivity index (χ0) is 19.8. The van der Waals surface area contributed by atoms with Gasteiger partial charge in [0, 0.05) is 36.2 Å². The van der Waals surface area contributed by atoms with Gasteiger partial charge in [0.2, 0.25) is 0 Å². The van der Waals surface area contributed by atoms with Gasteiger partial charge in [-0.2, -0.15) is 0 Å². The first-order chi connectivity index (χ1) is 14.1. The number of ketones is 1. The molecule has 3 nitrogen and oxygen atoms in total. The van der Waals surface area contributed by atoms with Crippen molar-refractivity contribution >= 4 is 36.3 Å². The predicted molar refractivity (Wildman–Crippen MR) is 129 cm³/mol. The Morgan fingerprint density at radius 3 is 2.48 bits per heavy atom. The third kappa shape index (κ3) is 4.62. The number of aryl methyl sites for hydroxylation is 1. The smallest absolute Gasteiger partial charge is 0.162 e. The maximum absolute atomic E-state index is 13.0. The highest BCUT2D eigenvalue weighted by Crippen LogP contribution is 2.49. The van der Waals surface area contributed by atoms with Crippen LogP contribution in [0.2, 0.25) is 0 Å². The molecule has 0 radical (unpaired) electrons. The molecule has 0 aliphatic carbocycles. The number of hydrogen-bond acceptors (Lipinski definition) is 3. The number of para-hydroxylation sites is 1. The second-order valence-electron chi connectivity index (χ2n) is 8.99. The normalized spacial score (nSPS) is 18.8. The number of fused-ring (bicyclic) bond motifs is 1. The number of hydrogen-bond donors (Lipinski definition) is 0. The zero-order valence-corrected chi connectivity index (χ0v) is 19.4. The van der Waals surface area contributed by atoms with Crippen LogP contribution in [0.5, 0.6) is 0 Å². The number of carbonyl (C=O) groups is 1. The van der Waals surface area contributed by atoms with E-state index in [1.54, 1.807) is 28.9 Å². The van der Waals surface area contributed by atoms with E-state index in [1.807, 2.05) is 0 Å². The first kappa shape index (κ1) is 24.0. The minimum absolute atomic E-state index is 0. The monoisotopic (exact) mass is 464 g/mol. The van der Waals surface area contributed by atoms with E-state index in [1.165, 1.54) is 50.9 Å². The number of anilines is 1. The molecule has 0 bridgehead atoms. The Balaban J connectivity index is 0.00000136. The number of likely N-dealkylation sites (tertiary alicyclic amines) is 1. The lowest BCUT2D eigenvalue weighted by Gasteiger charge is -2.40. The quantitative estimate of drug-likeness (QED) is 0.550. The highest BCUT2D eigenvalue weighted by atomic mass is 35.5. The molecule has 0 amide bonds. The van der Waals surface area contributed by atoms with Crippen LogP contribution in [0, 0.1) is 5.82 Å². The summed E-state index contributed by atoms with van der Waals surface area (Å²) in [5.41, 5.74) is 5.65. The number of piperidine rings is 1. The van der Waals surface area contributed by atoms with Gasteiger partial charge in [0.1, 0.15) is 5.82 Å². The van der Waals surface area contributed by atoms with Crippen LogP contribution in [0.1, 0.15) is 53.6 Å². The van der Waals surface area contributed by atoms with Crippen molar-refractivity contribution in [3.63, 3.8) is 0 Å². The predicted octanol–water partition coefficient (Wildman–Crippen LogP) is 5.43. The zero-order valence-electron chi connectivity index (χ0n) is 17.8. The topological polar surface area (TPSA) is 23.6 Å². The summed E-state index contributed by atoms with van der Waals surface area (Å²) in [6.45, 7) is 5.60. The Hall–Kier alpha value is -1.62. The molecule has 2 aromatic carbocycles. The summed E-state index contributed by atoms with van der Waals surface area (Å²) in [4.78, 5) is 17.5. The Kier molecular flexibility index (Phi) is 7.67. The van der Waals surface area contributed by atoms with E-state index < -0.39 is 0 Å². The molecule has 31 heavy (non-hydrogen) atoms. The molecule has 6 heteroatoms. The van der Waals surface area contributed by atoms with Gasteiger partial charge in [-0.15, -0.1) is 24.8 Å². The number of halogens is 3. The Bertz CT molecular complexity index is 910. The fourth-order valence-corrected chi connectivity index (χ4v) is 5.65. The minimum Gasteiger partial charge on any atom is -0.370 e. The second-order valence-corrected chi connectivity index (χ2v) is 8.99. The van der Waals surface area contributed by atoms with Crippen LogP contribution in [-0.4, -0.2) is 43.4 Å². The largest absolute Gasteiger partial charge is 0.370 e. The standard InChI is InChI=1S/C25H29FN2O.2ClH/c26-21-10-8-19(9-11-21)23(29)7-3-14-27-16-12-25(13-17-27)18-28-15-2-5-20-4-1-6-22(25)24(20)28;;/h1,4,6,8-11H,2-3,5,7,12-18H2;2*1H. The molecule has 3 heterocycles. The molecule has 2 aromatic rings. The van der Waals surface area contributed by atoms with Crippen molar-refractivity contribution in [1.82, 2.24) is 4.90 Å². The van der Waals surface area contributed by atoms with Gasteiger partial charge in [-0.05, 0) is 87.1 Å². The molecular weight excluding hydrogens is 434 g/mol. The van der Waals surface area contributed by atoms with Gasteiger partial charge in [-0.25, -0.2) is 4.39 Å². The first-order valence-corrected chi connectivity index (χ1v) is 11.0. The van der Waals surface area contributed by atoms with Crippen LogP contribution in [-0.2, 0) is 11.8 Å². The molecule has 1 fully saturated rings. The summed E-state index contributed by atoms with van der Waals surface area (Å²) in [6, 6.07) is 12.9. The third-order valence-electron chi connectivity index (χ3n) is 7.23. The highest BCUT2D eigenvalue weighted by Gasteiger charge is 2.45. The lowest BCUT2D eigenvalue weighted by molar-refractivity contribution is 0.0968. The SMILES string of the molecule is Cl.Cl.O=C(CCCN1CCC2(CC1)CN1CCCc3cccc2c31)c1ccc(F)cc1. The van der Waals surface area contributed by atoms with Crippen molar-refractivity contribution in [1.29, 1.82) is 0 Å². The fraction of sp³-hybridized carbons (Fsp3) is 0.480. The highest BCUT2D eigenvalue weighted by molar-refractivity contribution is 5.95. The number of nitrogens with zero attached hydrogens (tertiary/aromatic N) is 2. The Morgan fingerprint density at radius 1 is 1.00 bits per heavy atom. The summed E-state index contributed by atoms with van der Waals surface area (Å²) in [5, 5.41) is 0. The fourth-order valence-electron chi connectivity index (χ4n) is 5.65. The summed E-state index contributed by atoms with van der Waals surface area (Å²) in [6.07, 6.45) is 6.34. The molecule has 0 N–H and O–H groups in total. The summed E-state index contributed by atoms with van der Waals surface area (Å²) in [7, 11) is 0. The average molecular weight is 465 g/mol. The van der Waals surface area contributed by atoms with Crippen molar-refractivity contribution in [2.45, 2.75) is 43.9 Å². The van der Waals surface area contributed by atoms with E-state index in [2.05, 4.69) is 28.0 Å². The first-order valence-electron chi connectivity index (χ1n) is 11.0. The van der Waals surface area contributed by atoms with Crippen molar-refractivity contribution < 1.29 is 9.18 Å². The van der Waals surface area contributed by atoms with Crippen LogP contribution in [0.15, 0.2) is 42.5 Å². The molecule has 3 aliphatic heterocycles. The summed E-state index contributed by atoms with van der Waals surface area (Å²) >= 11 is 0. The molecule has 3 aliphatic rings. The van der Waals surface area contributed by atoms with Crippen molar-refractivity contribution in [2.24, 2.45) is 0 Å². The van der Waals surface area contributed by atoms with Crippen LogP contribution in [0.3, 0.4) is 0 Å². The van der Waals surface area contributed by atoms with Gasteiger partial charge in [0.05, 0.1) is 0 Å². The molecule has 168 valence electrons. The maximum Gasteiger partial charge on any atom is 0.162 e. The van der Waals surface area contributed by atoms with E-state index in [-0.39, 0.29) is 36.4 Å². The van der Waals surface area contributed by atoms with Crippen LogP contribution >= 0.6 is 24.8 Å². The second kappa shape index (κ2) is 9.89. The molecule has 1 saturated heterocycles. The van der Waals surface area contributed by atoms with Crippen LogP contribution < -0.4 is 4.90 Å². The van der Waals surface area contributed by atoms with Crippen LogP contribution in [0.25, 0.3) is 0 Å².